The molecule has 0 aliphatic carbocycles. The van der Waals surface area contributed by atoms with Crippen molar-refractivity contribution >= 4 is 5.78 Å². The topological polar surface area (TPSA) is 54.0 Å². The molecule has 5 nitrogen and oxygen atoms in total. The van der Waals surface area contributed by atoms with Crippen molar-refractivity contribution in [3.05, 3.63) is 17.7 Å². The molecule has 2 rings (SSSR count). The number of benzene rings is 1. The predicted octanol–water partition coefficient (Wildman–Crippen LogP) is 2.46. The maximum atomic E-state index is 12.4. The number of methoxy groups -OCH3 is 3. The highest BCUT2D eigenvalue weighted by Gasteiger charge is 2.24. The van der Waals surface area contributed by atoms with Gasteiger partial charge in [0.2, 0.25) is 5.75 Å². The number of carbonyl (C=O) groups is 1. The first-order valence-corrected chi connectivity index (χ1v) is 6.65. The summed E-state index contributed by atoms with van der Waals surface area (Å²) in [7, 11) is 4.58. The molecule has 0 N–H and O–H groups in total. The van der Waals surface area contributed by atoms with Crippen LogP contribution in [0.25, 0.3) is 0 Å². The zero-order valence-electron chi connectivity index (χ0n) is 12.1. The van der Waals surface area contributed by atoms with Crippen molar-refractivity contribution in [1.82, 2.24) is 0 Å². The first kappa shape index (κ1) is 14.7. The average Bonchev–Trinajstić information content (AvgIpc) is 2.98. The van der Waals surface area contributed by atoms with E-state index in [1.54, 1.807) is 19.2 Å². The highest BCUT2D eigenvalue weighted by Crippen LogP contribution is 2.40. The van der Waals surface area contributed by atoms with Gasteiger partial charge in [0.05, 0.1) is 33.0 Å². The quantitative estimate of drug-likeness (QED) is 0.749. The van der Waals surface area contributed by atoms with E-state index in [1.165, 1.54) is 14.2 Å². The zero-order chi connectivity index (χ0) is 14.5. The molecular weight excluding hydrogens is 260 g/mol. The lowest BCUT2D eigenvalue weighted by atomic mass is 10.0. The fraction of sp³-hybridized carbons (Fsp3) is 0.533. The molecule has 1 aliphatic heterocycles. The van der Waals surface area contributed by atoms with Gasteiger partial charge in [-0.3, -0.25) is 4.79 Å². The van der Waals surface area contributed by atoms with Crippen molar-refractivity contribution in [1.29, 1.82) is 0 Å². The van der Waals surface area contributed by atoms with Crippen LogP contribution in [0.3, 0.4) is 0 Å². The van der Waals surface area contributed by atoms with Gasteiger partial charge >= 0.3 is 0 Å². The van der Waals surface area contributed by atoms with Gasteiger partial charge in [0.25, 0.3) is 0 Å². The Kier molecular flexibility index (Phi) is 4.84. The monoisotopic (exact) mass is 280 g/mol. The van der Waals surface area contributed by atoms with Gasteiger partial charge in [-0.2, -0.15) is 0 Å². The molecule has 1 saturated heterocycles. The Morgan fingerprint density at radius 1 is 1.20 bits per heavy atom. The Morgan fingerprint density at radius 2 is 1.95 bits per heavy atom. The third kappa shape index (κ3) is 2.88. The average molecular weight is 280 g/mol. The molecule has 1 aromatic carbocycles. The molecule has 1 aliphatic rings. The fourth-order valence-corrected chi connectivity index (χ4v) is 2.44. The maximum Gasteiger partial charge on any atom is 0.204 e. The van der Waals surface area contributed by atoms with Crippen LogP contribution in [-0.2, 0) is 4.74 Å². The van der Waals surface area contributed by atoms with Gasteiger partial charge in [0.1, 0.15) is 0 Å². The summed E-state index contributed by atoms with van der Waals surface area (Å²) in [5, 5.41) is 0. The highest BCUT2D eigenvalue weighted by atomic mass is 16.5. The third-order valence-corrected chi connectivity index (χ3v) is 3.44. The van der Waals surface area contributed by atoms with E-state index in [1.807, 2.05) is 0 Å². The summed E-state index contributed by atoms with van der Waals surface area (Å²) in [5.74, 6) is 1.38. The van der Waals surface area contributed by atoms with Crippen LogP contribution in [0.1, 0.15) is 29.6 Å². The second kappa shape index (κ2) is 6.61. The minimum Gasteiger partial charge on any atom is -0.493 e. The summed E-state index contributed by atoms with van der Waals surface area (Å²) >= 11 is 0. The number of ether oxygens (including phenoxy) is 4. The lowest BCUT2D eigenvalue weighted by Gasteiger charge is -2.16. The maximum absolute atomic E-state index is 12.4. The summed E-state index contributed by atoms with van der Waals surface area (Å²) in [6.45, 7) is 0.737. The van der Waals surface area contributed by atoms with Gasteiger partial charge in [-0.05, 0) is 25.0 Å². The van der Waals surface area contributed by atoms with Crippen LogP contribution in [0.15, 0.2) is 12.1 Å². The fourth-order valence-electron chi connectivity index (χ4n) is 2.44. The van der Waals surface area contributed by atoms with Crippen LogP contribution < -0.4 is 14.2 Å². The van der Waals surface area contributed by atoms with Gasteiger partial charge < -0.3 is 18.9 Å². The third-order valence-electron chi connectivity index (χ3n) is 3.44. The highest BCUT2D eigenvalue weighted by molar-refractivity contribution is 6.00. The van der Waals surface area contributed by atoms with Gasteiger partial charge in [-0.15, -0.1) is 0 Å². The number of Topliss-reactive ketones (excluding diaryl/α,β-unsaturated/α-hetero) is 1. The van der Waals surface area contributed by atoms with E-state index in [4.69, 9.17) is 18.9 Å². The molecule has 1 aromatic rings. The van der Waals surface area contributed by atoms with Crippen LogP contribution in [-0.4, -0.2) is 39.8 Å². The summed E-state index contributed by atoms with van der Waals surface area (Å²) in [4.78, 5) is 12.4. The molecule has 0 saturated carbocycles. The summed E-state index contributed by atoms with van der Waals surface area (Å²) < 4.78 is 21.3. The van der Waals surface area contributed by atoms with Crippen LogP contribution in [0, 0.1) is 0 Å². The Labute approximate surface area is 118 Å². The van der Waals surface area contributed by atoms with Crippen LogP contribution in [0.5, 0.6) is 17.2 Å². The van der Waals surface area contributed by atoms with E-state index in [0.717, 1.165) is 19.4 Å². The molecule has 0 aromatic heterocycles. The van der Waals surface area contributed by atoms with Crippen molar-refractivity contribution in [2.75, 3.05) is 27.9 Å². The van der Waals surface area contributed by atoms with Crippen LogP contribution in [0.4, 0.5) is 0 Å². The largest absolute Gasteiger partial charge is 0.493 e. The number of ketones is 1. The van der Waals surface area contributed by atoms with E-state index in [2.05, 4.69) is 0 Å². The minimum absolute atomic E-state index is 0.00490. The summed E-state index contributed by atoms with van der Waals surface area (Å²) in [6.07, 6.45) is 2.33. The SMILES string of the molecule is COc1ccc(C(=O)CC2CCCO2)c(OC)c1OC. The van der Waals surface area contributed by atoms with Crippen molar-refractivity contribution in [2.45, 2.75) is 25.4 Å². The van der Waals surface area contributed by atoms with Crippen molar-refractivity contribution in [3.63, 3.8) is 0 Å². The molecule has 1 heterocycles. The zero-order valence-corrected chi connectivity index (χ0v) is 12.1. The van der Waals surface area contributed by atoms with Gasteiger partial charge in [0, 0.05) is 13.0 Å². The second-order valence-electron chi connectivity index (χ2n) is 4.64. The summed E-state index contributed by atoms with van der Waals surface area (Å²) in [5.41, 5.74) is 0.501. The lowest BCUT2D eigenvalue weighted by Crippen LogP contribution is -2.14. The Hall–Kier alpha value is -1.75. The molecule has 0 bridgehead atoms. The lowest BCUT2D eigenvalue weighted by molar-refractivity contribution is 0.0773. The summed E-state index contributed by atoms with van der Waals surface area (Å²) in [6, 6.07) is 3.42. The molecular formula is C15H20O5. The molecule has 5 heteroatoms. The van der Waals surface area contributed by atoms with Gasteiger partial charge in [-0.1, -0.05) is 0 Å². The van der Waals surface area contributed by atoms with Crippen molar-refractivity contribution in [3.8, 4) is 17.2 Å². The van der Waals surface area contributed by atoms with E-state index < -0.39 is 0 Å². The van der Waals surface area contributed by atoms with Gasteiger partial charge in [0.15, 0.2) is 17.3 Å². The second-order valence-corrected chi connectivity index (χ2v) is 4.64. The number of carbonyl (C=O) groups excluding carboxylic acids is 1. The number of rotatable bonds is 6. The van der Waals surface area contributed by atoms with Crippen molar-refractivity contribution < 1.29 is 23.7 Å². The number of hydrogen-bond acceptors (Lipinski definition) is 5. The normalized spacial score (nSPS) is 17.9. The molecule has 110 valence electrons. The molecule has 0 spiro atoms. The standard InChI is InChI=1S/C15H20O5/c1-17-13-7-6-11(14(18-2)15(13)19-3)12(16)9-10-5-4-8-20-10/h6-7,10H,4-5,8-9H2,1-3H3. The van der Waals surface area contributed by atoms with E-state index >= 15 is 0 Å². The Bertz CT molecular complexity index is 477. The van der Waals surface area contributed by atoms with Crippen molar-refractivity contribution in [2.24, 2.45) is 0 Å². The first-order chi connectivity index (χ1) is 9.71. The molecule has 1 unspecified atom stereocenters. The molecule has 20 heavy (non-hydrogen) atoms. The molecule has 1 atom stereocenters. The number of hydrogen-bond donors (Lipinski definition) is 0. The minimum atomic E-state index is -0.00490. The van der Waals surface area contributed by atoms with E-state index in [9.17, 15) is 4.79 Å². The van der Waals surface area contributed by atoms with E-state index in [0.29, 0.717) is 29.2 Å². The molecule has 1 fully saturated rings. The van der Waals surface area contributed by atoms with E-state index in [-0.39, 0.29) is 11.9 Å². The Balaban J connectivity index is 2.27. The van der Waals surface area contributed by atoms with Crippen LogP contribution >= 0.6 is 0 Å². The Morgan fingerprint density at radius 3 is 2.50 bits per heavy atom. The smallest absolute Gasteiger partial charge is 0.204 e. The first-order valence-electron chi connectivity index (χ1n) is 6.65. The predicted molar refractivity (Wildman–Crippen MR) is 74.0 cm³/mol. The van der Waals surface area contributed by atoms with Gasteiger partial charge in [-0.25, -0.2) is 0 Å². The van der Waals surface area contributed by atoms with Crippen LogP contribution in [0.2, 0.25) is 0 Å². The molecule has 0 amide bonds. The molecule has 0 radical (unpaired) electrons.